The minimum absolute atomic E-state index is 0.135. The molecule has 7 nitrogen and oxygen atoms in total. The van der Waals surface area contributed by atoms with Crippen molar-refractivity contribution in [2.75, 3.05) is 6.61 Å². The van der Waals surface area contributed by atoms with Crippen LogP contribution in [0.25, 0.3) is 0 Å². The lowest BCUT2D eigenvalue weighted by Gasteiger charge is -2.22. The average Bonchev–Trinajstić information content (AvgIpc) is 3.15. The van der Waals surface area contributed by atoms with Gasteiger partial charge in [-0.1, -0.05) is 17.3 Å². The summed E-state index contributed by atoms with van der Waals surface area (Å²) in [5.74, 6) is -1.85. The molecule has 1 amide bonds. The van der Waals surface area contributed by atoms with Crippen molar-refractivity contribution in [3.63, 3.8) is 0 Å². The first-order chi connectivity index (χ1) is 11.4. The number of benzene rings is 1. The van der Waals surface area contributed by atoms with Crippen molar-refractivity contribution in [2.45, 2.75) is 37.5 Å². The van der Waals surface area contributed by atoms with Gasteiger partial charge in [0.05, 0.1) is 18.4 Å². The fourth-order valence-electron chi connectivity index (χ4n) is 2.72. The lowest BCUT2D eigenvalue weighted by atomic mass is 9.94. The molecule has 8 heteroatoms. The number of carboxylic acids is 1. The second-order valence-electron chi connectivity index (χ2n) is 6.11. The second-order valence-corrected chi connectivity index (χ2v) is 6.11. The lowest BCUT2D eigenvalue weighted by Crippen LogP contribution is -2.49. The number of oxime groups is 1. The number of carbonyl (C=O) groups is 2. The van der Waals surface area contributed by atoms with E-state index in [1.807, 2.05) is 0 Å². The van der Waals surface area contributed by atoms with Crippen LogP contribution in [-0.4, -0.2) is 47.0 Å². The number of nitrogens with zero attached hydrogens (tertiary/aromatic N) is 1. The normalized spacial score (nSPS) is 29.0. The van der Waals surface area contributed by atoms with E-state index in [4.69, 9.17) is 14.7 Å². The molecule has 2 aliphatic rings. The third-order valence-electron chi connectivity index (χ3n) is 4.11. The maximum atomic E-state index is 13.3. The first kappa shape index (κ1) is 16.4. The summed E-state index contributed by atoms with van der Waals surface area (Å²) >= 11 is 0. The van der Waals surface area contributed by atoms with E-state index in [0.717, 1.165) is 0 Å². The molecule has 1 saturated heterocycles. The smallest absolute Gasteiger partial charge is 0.332 e. The molecule has 3 rings (SSSR count). The second kappa shape index (κ2) is 6.20. The van der Waals surface area contributed by atoms with Crippen molar-refractivity contribution in [3.05, 3.63) is 35.6 Å². The number of hydrogen-bond acceptors (Lipinski definition) is 5. The number of nitrogens with one attached hydrogen (secondary N) is 1. The Kier molecular flexibility index (Phi) is 4.23. The SMILES string of the molecule is CC1(C(=O)N[C@H]2CO[C@@H](C(=O)O)C2)CC(c2cccc(F)c2)=NO1. The van der Waals surface area contributed by atoms with Crippen LogP contribution in [0.4, 0.5) is 4.39 Å². The van der Waals surface area contributed by atoms with Gasteiger partial charge in [0, 0.05) is 18.4 Å². The van der Waals surface area contributed by atoms with E-state index in [2.05, 4.69) is 10.5 Å². The monoisotopic (exact) mass is 336 g/mol. The van der Waals surface area contributed by atoms with Gasteiger partial charge in [-0.05, 0) is 19.1 Å². The predicted molar refractivity (Wildman–Crippen MR) is 81.0 cm³/mol. The maximum absolute atomic E-state index is 13.3. The minimum atomic E-state index is -1.22. The van der Waals surface area contributed by atoms with Gasteiger partial charge in [0.15, 0.2) is 6.10 Å². The highest BCUT2D eigenvalue weighted by molar-refractivity contribution is 6.05. The number of aliphatic carboxylic acids is 1. The van der Waals surface area contributed by atoms with Crippen LogP contribution in [0, 0.1) is 5.82 Å². The molecule has 0 spiro atoms. The molecule has 1 aromatic carbocycles. The Morgan fingerprint density at radius 3 is 2.92 bits per heavy atom. The Labute approximate surface area is 137 Å². The molecular weight excluding hydrogens is 319 g/mol. The molecule has 1 aromatic rings. The number of hydrogen-bond donors (Lipinski definition) is 2. The summed E-state index contributed by atoms with van der Waals surface area (Å²) in [4.78, 5) is 28.6. The summed E-state index contributed by atoms with van der Waals surface area (Å²) in [7, 11) is 0. The summed E-state index contributed by atoms with van der Waals surface area (Å²) in [6, 6.07) is 5.51. The highest BCUT2D eigenvalue weighted by Gasteiger charge is 2.44. The molecule has 3 atom stereocenters. The molecule has 24 heavy (non-hydrogen) atoms. The average molecular weight is 336 g/mol. The van der Waals surface area contributed by atoms with Crippen molar-refractivity contribution < 1.29 is 28.7 Å². The molecule has 2 aliphatic heterocycles. The van der Waals surface area contributed by atoms with Gasteiger partial charge in [-0.2, -0.15) is 0 Å². The number of halogens is 1. The van der Waals surface area contributed by atoms with E-state index >= 15 is 0 Å². The van der Waals surface area contributed by atoms with Gasteiger partial charge in [0.1, 0.15) is 5.82 Å². The largest absolute Gasteiger partial charge is 0.479 e. The number of carboxylic acid groups (broad SMARTS) is 1. The van der Waals surface area contributed by atoms with Gasteiger partial charge < -0.3 is 20.0 Å². The van der Waals surface area contributed by atoms with Crippen molar-refractivity contribution in [1.82, 2.24) is 5.32 Å². The third-order valence-corrected chi connectivity index (χ3v) is 4.11. The van der Waals surface area contributed by atoms with Gasteiger partial charge in [-0.25, -0.2) is 9.18 Å². The number of rotatable bonds is 4. The molecule has 0 radical (unpaired) electrons. The Morgan fingerprint density at radius 1 is 1.46 bits per heavy atom. The van der Waals surface area contributed by atoms with E-state index < -0.39 is 35.4 Å². The van der Waals surface area contributed by atoms with Crippen LogP contribution in [0.5, 0.6) is 0 Å². The lowest BCUT2D eigenvalue weighted by molar-refractivity contribution is -0.147. The Hall–Kier alpha value is -2.48. The molecule has 0 aromatic heterocycles. The zero-order valence-corrected chi connectivity index (χ0v) is 13.0. The van der Waals surface area contributed by atoms with Crippen LogP contribution in [0.15, 0.2) is 29.4 Å². The van der Waals surface area contributed by atoms with Gasteiger partial charge in [0.25, 0.3) is 5.91 Å². The fraction of sp³-hybridized carbons (Fsp3) is 0.438. The molecule has 0 bridgehead atoms. The molecule has 2 N–H and O–H groups in total. The zero-order valence-electron chi connectivity index (χ0n) is 13.0. The van der Waals surface area contributed by atoms with E-state index in [1.54, 1.807) is 19.1 Å². The van der Waals surface area contributed by atoms with E-state index in [-0.39, 0.29) is 19.4 Å². The molecule has 128 valence electrons. The van der Waals surface area contributed by atoms with Crippen LogP contribution in [-0.2, 0) is 19.2 Å². The van der Waals surface area contributed by atoms with Crippen molar-refractivity contribution in [3.8, 4) is 0 Å². The summed E-state index contributed by atoms with van der Waals surface area (Å²) in [6.45, 7) is 1.72. The summed E-state index contributed by atoms with van der Waals surface area (Å²) < 4.78 is 18.4. The van der Waals surface area contributed by atoms with E-state index in [0.29, 0.717) is 11.3 Å². The maximum Gasteiger partial charge on any atom is 0.332 e. The topological polar surface area (TPSA) is 97.2 Å². The Bertz CT molecular complexity index is 707. The molecule has 1 unspecified atom stereocenters. The zero-order chi connectivity index (χ0) is 17.3. The van der Waals surface area contributed by atoms with Gasteiger partial charge in [0.2, 0.25) is 5.60 Å². The molecule has 0 aliphatic carbocycles. The van der Waals surface area contributed by atoms with Gasteiger partial charge >= 0.3 is 5.97 Å². The summed E-state index contributed by atoms with van der Waals surface area (Å²) in [5.41, 5.74) is -0.178. The van der Waals surface area contributed by atoms with E-state index in [9.17, 15) is 14.0 Å². The Morgan fingerprint density at radius 2 is 2.25 bits per heavy atom. The van der Waals surface area contributed by atoms with Gasteiger partial charge in [-0.15, -0.1) is 0 Å². The van der Waals surface area contributed by atoms with Crippen molar-refractivity contribution in [1.29, 1.82) is 0 Å². The fourth-order valence-corrected chi connectivity index (χ4v) is 2.72. The minimum Gasteiger partial charge on any atom is -0.479 e. The number of ether oxygens (including phenoxy) is 1. The van der Waals surface area contributed by atoms with Crippen LogP contribution >= 0.6 is 0 Å². The molecule has 0 saturated carbocycles. The standard InChI is InChI=1S/C16H17FN2O5/c1-16(15(22)18-11-6-13(14(20)21)23-8-11)7-12(19-24-16)9-3-2-4-10(17)5-9/h2-5,11,13H,6-8H2,1H3,(H,18,22)(H,20,21)/t11-,13-,16?/m1/s1. The molecule has 2 heterocycles. The van der Waals surface area contributed by atoms with Crippen LogP contribution in [0.2, 0.25) is 0 Å². The van der Waals surface area contributed by atoms with Crippen molar-refractivity contribution >= 4 is 17.6 Å². The first-order valence-electron chi connectivity index (χ1n) is 7.54. The number of amides is 1. The number of carbonyl (C=O) groups excluding carboxylic acids is 1. The Balaban J connectivity index is 1.61. The van der Waals surface area contributed by atoms with Crippen LogP contribution < -0.4 is 5.32 Å². The van der Waals surface area contributed by atoms with E-state index in [1.165, 1.54) is 12.1 Å². The third kappa shape index (κ3) is 3.23. The van der Waals surface area contributed by atoms with Crippen LogP contribution in [0.3, 0.4) is 0 Å². The van der Waals surface area contributed by atoms with Crippen LogP contribution in [0.1, 0.15) is 25.3 Å². The highest BCUT2D eigenvalue weighted by atomic mass is 19.1. The van der Waals surface area contributed by atoms with Crippen molar-refractivity contribution in [2.24, 2.45) is 5.16 Å². The first-order valence-corrected chi connectivity index (χ1v) is 7.54. The summed E-state index contributed by atoms with van der Waals surface area (Å²) in [5, 5.41) is 15.5. The summed E-state index contributed by atoms with van der Waals surface area (Å²) in [6.07, 6.45) is -0.515. The quantitative estimate of drug-likeness (QED) is 0.857. The molecular formula is C16H17FN2O5. The van der Waals surface area contributed by atoms with Gasteiger partial charge in [-0.3, -0.25) is 4.79 Å². The highest BCUT2D eigenvalue weighted by Crippen LogP contribution is 2.27. The molecule has 1 fully saturated rings. The predicted octanol–water partition coefficient (Wildman–Crippen LogP) is 1.07.